The Bertz CT molecular complexity index is 1380. The number of aromatic nitrogens is 4. The van der Waals surface area contributed by atoms with Crippen molar-refractivity contribution < 1.29 is 28.2 Å². The zero-order valence-corrected chi connectivity index (χ0v) is 24.5. The molecule has 3 heterocycles. The maximum absolute atomic E-state index is 14.1. The lowest BCUT2D eigenvalue weighted by Crippen LogP contribution is -2.37. The lowest BCUT2D eigenvalue weighted by atomic mass is 9.81. The number of para-hydroxylation sites is 2. The number of nitrogens with zero attached hydrogens (tertiary/aromatic N) is 5. The van der Waals surface area contributed by atoms with Gasteiger partial charge in [0.1, 0.15) is 17.7 Å². The van der Waals surface area contributed by atoms with Gasteiger partial charge in [-0.25, -0.2) is 13.8 Å². The fraction of sp³-hybridized carbons (Fsp3) is 0.625. The van der Waals surface area contributed by atoms with E-state index < -0.39 is 6.43 Å². The lowest BCUT2D eigenvalue weighted by Gasteiger charge is -2.30. The Morgan fingerprint density at radius 2 is 1.74 bits per heavy atom. The summed E-state index contributed by atoms with van der Waals surface area (Å²) in [6.07, 6.45) is 6.48. The van der Waals surface area contributed by atoms with Gasteiger partial charge in [0.05, 0.1) is 30.4 Å². The highest BCUT2D eigenvalue weighted by Crippen LogP contribution is 2.33. The highest BCUT2D eigenvalue weighted by atomic mass is 19.3. The van der Waals surface area contributed by atoms with Gasteiger partial charge < -0.3 is 19.5 Å². The Morgan fingerprint density at radius 3 is 2.49 bits per heavy atom. The van der Waals surface area contributed by atoms with E-state index in [9.17, 15) is 18.7 Å². The normalized spacial score (nSPS) is 24.9. The number of carbonyl (C=O) groups excluding carboxylic acids is 1. The molecular weight excluding hydrogens is 556 g/mol. The van der Waals surface area contributed by atoms with Gasteiger partial charge in [-0.3, -0.25) is 9.36 Å². The molecular formula is C32H41F2N5O4. The molecule has 0 spiro atoms. The van der Waals surface area contributed by atoms with Crippen molar-refractivity contribution in [2.24, 2.45) is 11.8 Å². The molecule has 9 nitrogen and oxygen atoms in total. The topological polar surface area (TPSA) is 103 Å². The van der Waals surface area contributed by atoms with Gasteiger partial charge in [-0.2, -0.15) is 9.97 Å². The molecule has 0 bridgehead atoms. The van der Waals surface area contributed by atoms with E-state index in [4.69, 9.17) is 19.4 Å². The first-order valence-electron chi connectivity index (χ1n) is 15.8. The van der Waals surface area contributed by atoms with Crippen LogP contribution in [0.3, 0.4) is 0 Å². The number of hydrogen-bond donors (Lipinski definition) is 1. The molecule has 1 aliphatic heterocycles. The number of benzene rings is 1. The van der Waals surface area contributed by atoms with Gasteiger partial charge >= 0.3 is 0 Å². The maximum atomic E-state index is 14.1. The summed E-state index contributed by atoms with van der Waals surface area (Å²) in [6, 6.07) is 8.64. The number of ether oxygens (including phenoxy) is 2. The number of aliphatic hydroxyl groups is 1. The molecule has 43 heavy (non-hydrogen) atoms. The quantitative estimate of drug-likeness (QED) is 0.312. The highest BCUT2D eigenvalue weighted by Gasteiger charge is 2.29. The Morgan fingerprint density at radius 1 is 1.00 bits per heavy atom. The van der Waals surface area contributed by atoms with Gasteiger partial charge in [-0.05, 0) is 75.8 Å². The third-order valence-corrected chi connectivity index (χ3v) is 9.25. The van der Waals surface area contributed by atoms with E-state index in [1.807, 2.05) is 4.90 Å². The predicted octanol–water partition coefficient (Wildman–Crippen LogP) is 5.82. The summed E-state index contributed by atoms with van der Waals surface area (Å²) in [4.78, 5) is 28.5. The zero-order chi connectivity index (χ0) is 29.8. The van der Waals surface area contributed by atoms with Gasteiger partial charge in [-0.1, -0.05) is 18.6 Å². The predicted molar refractivity (Wildman–Crippen MR) is 158 cm³/mol. The van der Waals surface area contributed by atoms with Crippen LogP contribution in [0.2, 0.25) is 0 Å². The fourth-order valence-corrected chi connectivity index (χ4v) is 6.79. The minimum atomic E-state index is -2.79. The second-order valence-electron chi connectivity index (χ2n) is 12.2. The number of halogens is 2. The largest absolute Gasteiger partial charge is 0.474 e. The summed E-state index contributed by atoms with van der Waals surface area (Å²) < 4.78 is 41.6. The van der Waals surface area contributed by atoms with Crippen molar-refractivity contribution in [2.45, 2.75) is 89.3 Å². The molecule has 1 N–H and O–H groups in total. The van der Waals surface area contributed by atoms with Gasteiger partial charge in [0, 0.05) is 31.5 Å². The van der Waals surface area contributed by atoms with E-state index in [1.165, 1.54) is 4.57 Å². The number of rotatable bonds is 10. The van der Waals surface area contributed by atoms with Crippen molar-refractivity contribution in [3.05, 3.63) is 36.2 Å². The summed E-state index contributed by atoms with van der Waals surface area (Å²) >= 11 is 0. The minimum Gasteiger partial charge on any atom is -0.474 e. The molecule has 0 radical (unpaired) electrons. The second-order valence-corrected chi connectivity index (χ2v) is 12.2. The van der Waals surface area contributed by atoms with Crippen LogP contribution in [0.1, 0.15) is 82.9 Å². The average Bonchev–Trinajstić information content (AvgIpc) is 3.43. The number of aliphatic hydroxyl groups excluding tert-OH is 1. The van der Waals surface area contributed by atoms with Crippen molar-refractivity contribution in [1.29, 1.82) is 0 Å². The molecule has 3 aliphatic rings. The summed E-state index contributed by atoms with van der Waals surface area (Å²) in [6.45, 7) is 2.24. The Labute approximate surface area is 250 Å². The third-order valence-electron chi connectivity index (χ3n) is 9.25. The molecule has 0 amide bonds. The number of alkyl halides is 2. The molecule has 2 aromatic heterocycles. The van der Waals surface area contributed by atoms with Crippen LogP contribution in [-0.2, 0) is 9.53 Å². The fourth-order valence-electron chi connectivity index (χ4n) is 6.79. The number of anilines is 1. The van der Waals surface area contributed by atoms with Crippen LogP contribution in [0.4, 0.5) is 14.7 Å². The van der Waals surface area contributed by atoms with E-state index in [0.717, 1.165) is 64.2 Å². The molecule has 1 aromatic carbocycles. The minimum absolute atomic E-state index is 0.0591. The molecule has 2 aliphatic carbocycles. The number of hydrogen-bond acceptors (Lipinski definition) is 8. The Kier molecular flexibility index (Phi) is 9.47. The molecule has 232 valence electrons. The van der Waals surface area contributed by atoms with Gasteiger partial charge in [-0.15, -0.1) is 0 Å². The Hall–Kier alpha value is -3.18. The first-order chi connectivity index (χ1) is 20.9. The first-order valence-corrected chi connectivity index (χ1v) is 15.8. The molecule has 6 rings (SSSR count). The number of fused-ring (bicyclic) bond motifs is 1. The Balaban J connectivity index is 1.13. The van der Waals surface area contributed by atoms with Crippen LogP contribution >= 0.6 is 0 Å². The lowest BCUT2D eigenvalue weighted by molar-refractivity contribution is -0.124. The molecule has 1 saturated heterocycles. The number of Topliss-reactive ketones (excluding diaryl/α,β-unsaturated/α-hetero) is 1. The van der Waals surface area contributed by atoms with E-state index in [0.29, 0.717) is 67.3 Å². The van der Waals surface area contributed by atoms with E-state index >= 15 is 0 Å². The van der Waals surface area contributed by atoms with Crippen molar-refractivity contribution in [3.63, 3.8) is 0 Å². The third kappa shape index (κ3) is 7.15. The van der Waals surface area contributed by atoms with E-state index in [2.05, 4.69) is 4.98 Å². The summed E-state index contributed by atoms with van der Waals surface area (Å²) in [7, 11) is 0. The summed E-state index contributed by atoms with van der Waals surface area (Å²) in [5.41, 5.74) is 1.00. The summed E-state index contributed by atoms with van der Waals surface area (Å²) in [5.74, 6) is 1.69. The molecule has 3 aromatic rings. The van der Waals surface area contributed by atoms with Crippen molar-refractivity contribution in [2.75, 3.05) is 31.2 Å². The maximum Gasteiger partial charge on any atom is 0.296 e. The molecule has 2 saturated carbocycles. The first kappa shape index (κ1) is 29.9. The molecule has 0 atom stereocenters. The number of imidazole rings is 1. The van der Waals surface area contributed by atoms with Crippen LogP contribution in [0.5, 0.6) is 5.88 Å². The van der Waals surface area contributed by atoms with E-state index in [1.54, 1.807) is 30.3 Å². The van der Waals surface area contributed by atoms with Crippen molar-refractivity contribution in [1.82, 2.24) is 19.5 Å². The number of morpholine rings is 1. The molecule has 0 unspecified atom stereocenters. The number of carbonyl (C=O) groups is 1. The van der Waals surface area contributed by atoms with Gasteiger partial charge in [0.15, 0.2) is 5.82 Å². The average molecular weight is 598 g/mol. The standard InChI is InChI=1S/C32H41F2N5O4/c33-30(34)31-35-25-5-1-2-6-26(25)39(31)28-20-29(37-32(36-28)38-16-18-42-19-17-38)43-24-14-10-22(11-15-24)27(41)7-3-4-21-8-12-23(40)13-9-21/h1-2,5-6,20-24,30,40H,3-4,7-19H2/t21-,22-,23-,24-. The SMILES string of the molecule is O=C(CCC[C@H]1CC[C@H](O)CC1)[C@H]1CC[C@H](Oc2cc(-n3c(C(F)F)nc4ccccc43)nc(N3CCOCC3)n2)CC1. The zero-order valence-electron chi connectivity index (χ0n) is 24.5. The van der Waals surface area contributed by atoms with Crippen LogP contribution in [0, 0.1) is 11.8 Å². The van der Waals surface area contributed by atoms with E-state index in [-0.39, 0.29) is 29.8 Å². The monoisotopic (exact) mass is 597 g/mol. The highest BCUT2D eigenvalue weighted by molar-refractivity contribution is 5.81. The van der Waals surface area contributed by atoms with Crippen molar-refractivity contribution in [3.8, 4) is 11.7 Å². The number of ketones is 1. The molecule has 3 fully saturated rings. The van der Waals surface area contributed by atoms with Crippen LogP contribution < -0.4 is 9.64 Å². The summed E-state index contributed by atoms with van der Waals surface area (Å²) in [5, 5.41) is 9.72. The van der Waals surface area contributed by atoms with Crippen molar-refractivity contribution >= 4 is 22.8 Å². The van der Waals surface area contributed by atoms with Crippen LogP contribution in [0.25, 0.3) is 16.9 Å². The van der Waals surface area contributed by atoms with Crippen LogP contribution in [0.15, 0.2) is 30.3 Å². The second kappa shape index (κ2) is 13.6. The van der Waals surface area contributed by atoms with Gasteiger partial charge in [0.25, 0.3) is 6.43 Å². The van der Waals surface area contributed by atoms with Crippen LogP contribution in [-0.4, -0.2) is 68.9 Å². The smallest absolute Gasteiger partial charge is 0.296 e. The van der Waals surface area contributed by atoms with Gasteiger partial charge in [0.2, 0.25) is 11.8 Å². The molecule has 11 heteroatoms.